The number of hydrogen-bond donors (Lipinski definition) is 0. The van der Waals surface area contributed by atoms with Crippen LogP contribution in [0.25, 0.3) is 0 Å². The van der Waals surface area contributed by atoms with Gasteiger partial charge in [0.25, 0.3) is 0 Å². The summed E-state index contributed by atoms with van der Waals surface area (Å²) < 4.78 is 5.02. The predicted octanol–water partition coefficient (Wildman–Crippen LogP) is 0.232. The summed E-state index contributed by atoms with van der Waals surface area (Å²) in [7, 11) is 0. The number of rotatable bonds is 2. The van der Waals surface area contributed by atoms with Crippen molar-refractivity contribution in [1.29, 1.82) is 0 Å². The fourth-order valence-corrected chi connectivity index (χ4v) is 0.370. The van der Waals surface area contributed by atoms with Crippen LogP contribution in [-0.2, 0) is 9.53 Å². The molecule has 0 atom stereocenters. The molecule has 0 N–H and O–H groups in total. The summed E-state index contributed by atoms with van der Waals surface area (Å²) >= 11 is 1.62. The Morgan fingerprint density at radius 1 is 1.88 bits per heavy atom. The number of ether oxygens (including phenoxy) is 1. The third kappa shape index (κ3) is 2.85. The molecule has 0 heterocycles. The zero-order chi connectivity index (χ0) is 6.57. The second-order valence-electron chi connectivity index (χ2n) is 1.20. The molecule has 3 radical (unpaired) electrons. The van der Waals surface area contributed by atoms with Crippen molar-refractivity contribution < 1.29 is 9.53 Å². The molecule has 0 spiro atoms. The standard InChI is InChI=1S/C5H7GeO2/c1-3-8-5(7)4(2)6/h2-3H2,1H3. The maximum absolute atomic E-state index is 10.4. The summed E-state index contributed by atoms with van der Waals surface area (Å²) in [5.41, 5.74) is 0. The van der Waals surface area contributed by atoms with Gasteiger partial charge in [0.2, 0.25) is 0 Å². The number of esters is 1. The van der Waals surface area contributed by atoms with Gasteiger partial charge in [-0.3, -0.25) is 0 Å². The quantitative estimate of drug-likeness (QED) is 0.338. The first kappa shape index (κ1) is 7.75. The Morgan fingerprint density at radius 3 is 2.50 bits per heavy atom. The van der Waals surface area contributed by atoms with E-state index in [4.69, 9.17) is 0 Å². The Morgan fingerprint density at radius 2 is 2.38 bits per heavy atom. The summed E-state index contributed by atoms with van der Waals surface area (Å²) in [6.45, 7) is 5.59. The summed E-state index contributed by atoms with van der Waals surface area (Å²) in [6, 6.07) is 0. The van der Waals surface area contributed by atoms with Crippen molar-refractivity contribution >= 4 is 22.5 Å². The second-order valence-corrected chi connectivity index (χ2v) is 2.47. The first-order valence-electron chi connectivity index (χ1n) is 2.26. The van der Waals surface area contributed by atoms with Crippen molar-refractivity contribution in [3.05, 3.63) is 11.0 Å². The van der Waals surface area contributed by atoms with Gasteiger partial charge in [0, 0.05) is 0 Å². The van der Waals surface area contributed by atoms with Gasteiger partial charge in [0.1, 0.15) is 0 Å². The van der Waals surface area contributed by atoms with Crippen LogP contribution >= 0.6 is 0 Å². The van der Waals surface area contributed by atoms with Gasteiger partial charge in [0.05, 0.1) is 0 Å². The molecule has 0 fully saturated rings. The van der Waals surface area contributed by atoms with Gasteiger partial charge in [-0.05, 0) is 0 Å². The van der Waals surface area contributed by atoms with Crippen LogP contribution in [0.2, 0.25) is 0 Å². The van der Waals surface area contributed by atoms with Crippen LogP contribution in [0.3, 0.4) is 0 Å². The van der Waals surface area contributed by atoms with Gasteiger partial charge in [-0.2, -0.15) is 0 Å². The van der Waals surface area contributed by atoms with Crippen molar-refractivity contribution in [3.8, 4) is 0 Å². The van der Waals surface area contributed by atoms with Crippen LogP contribution in [0.5, 0.6) is 0 Å². The Hall–Kier alpha value is -0.247. The molecular weight excluding hydrogens is 165 g/mol. The van der Waals surface area contributed by atoms with E-state index in [0.717, 1.165) is 0 Å². The minimum absolute atomic E-state index is 0.312. The fraction of sp³-hybridized carbons (Fsp3) is 0.400. The van der Waals surface area contributed by atoms with Gasteiger partial charge in [0.15, 0.2) is 0 Å². The topological polar surface area (TPSA) is 26.3 Å². The van der Waals surface area contributed by atoms with E-state index in [-0.39, 0.29) is 5.97 Å². The molecule has 0 aromatic heterocycles. The van der Waals surface area contributed by atoms with Crippen molar-refractivity contribution in [2.75, 3.05) is 6.61 Å². The van der Waals surface area contributed by atoms with E-state index in [0.29, 0.717) is 11.0 Å². The number of carbonyl (C=O) groups excluding carboxylic acids is 1. The van der Waals surface area contributed by atoms with Crippen LogP contribution in [0.4, 0.5) is 0 Å². The summed E-state index contributed by atoms with van der Waals surface area (Å²) in [5.74, 6) is -0.312. The molecule has 0 bridgehead atoms. The fourth-order valence-electron chi connectivity index (χ4n) is 0.218. The van der Waals surface area contributed by atoms with Gasteiger partial charge >= 0.3 is 56.5 Å². The van der Waals surface area contributed by atoms with Crippen LogP contribution < -0.4 is 0 Å². The Balaban J connectivity index is 3.49. The van der Waals surface area contributed by atoms with Crippen LogP contribution in [0.1, 0.15) is 6.92 Å². The molecular formula is C5H7GeO2. The normalized spacial score (nSPS) is 8.25. The molecule has 0 amide bonds. The third-order valence-corrected chi connectivity index (χ3v) is 0.950. The molecule has 0 aliphatic rings. The van der Waals surface area contributed by atoms with Gasteiger partial charge in [-0.15, -0.1) is 0 Å². The van der Waals surface area contributed by atoms with E-state index >= 15 is 0 Å². The molecule has 0 saturated heterocycles. The first-order chi connectivity index (χ1) is 3.68. The van der Waals surface area contributed by atoms with E-state index in [1.807, 2.05) is 0 Å². The average molecular weight is 172 g/mol. The molecule has 0 saturated carbocycles. The first-order valence-corrected chi connectivity index (χ1v) is 3.31. The number of hydrogen-bond acceptors (Lipinski definition) is 2. The van der Waals surface area contributed by atoms with E-state index in [1.54, 1.807) is 23.4 Å². The SMILES string of the molecule is C=[C]([Ge])C(=O)OCC. The Kier molecular flexibility index (Phi) is 3.60. The van der Waals surface area contributed by atoms with Gasteiger partial charge in [-0.25, -0.2) is 0 Å². The minimum atomic E-state index is -0.312. The summed E-state index contributed by atoms with van der Waals surface area (Å²) in [4.78, 5) is 10.4. The Labute approximate surface area is 57.1 Å². The van der Waals surface area contributed by atoms with Crippen molar-refractivity contribution in [2.45, 2.75) is 6.92 Å². The predicted molar refractivity (Wildman–Crippen MR) is 31.5 cm³/mol. The summed E-state index contributed by atoms with van der Waals surface area (Å²) in [6.07, 6.45) is 0. The zero-order valence-electron chi connectivity index (χ0n) is 4.73. The van der Waals surface area contributed by atoms with Crippen molar-refractivity contribution in [2.24, 2.45) is 0 Å². The molecule has 0 rings (SSSR count). The molecule has 0 aliphatic heterocycles. The van der Waals surface area contributed by atoms with Gasteiger partial charge < -0.3 is 0 Å². The molecule has 0 aromatic rings. The van der Waals surface area contributed by atoms with E-state index in [1.165, 1.54) is 0 Å². The Bertz CT molecular complexity index is 109. The van der Waals surface area contributed by atoms with Crippen LogP contribution in [0.15, 0.2) is 11.0 Å². The van der Waals surface area contributed by atoms with Crippen molar-refractivity contribution in [3.63, 3.8) is 0 Å². The van der Waals surface area contributed by atoms with Crippen LogP contribution in [0, 0.1) is 0 Å². The van der Waals surface area contributed by atoms with Crippen molar-refractivity contribution in [1.82, 2.24) is 0 Å². The van der Waals surface area contributed by atoms with Gasteiger partial charge in [-0.1, -0.05) is 0 Å². The van der Waals surface area contributed by atoms with E-state index in [9.17, 15) is 4.79 Å². The summed E-state index contributed by atoms with van der Waals surface area (Å²) in [5, 5.41) is 0. The second kappa shape index (κ2) is 3.72. The monoisotopic (exact) mass is 173 g/mol. The molecule has 43 valence electrons. The number of carbonyl (C=O) groups is 1. The molecule has 0 aromatic carbocycles. The average Bonchev–Trinajstić information content (AvgIpc) is 1.67. The maximum atomic E-state index is 10.4. The molecule has 8 heavy (non-hydrogen) atoms. The zero-order valence-corrected chi connectivity index (χ0v) is 6.83. The third-order valence-electron chi connectivity index (χ3n) is 0.522. The molecule has 0 unspecified atom stereocenters. The van der Waals surface area contributed by atoms with E-state index in [2.05, 4.69) is 11.3 Å². The van der Waals surface area contributed by atoms with E-state index < -0.39 is 0 Å². The molecule has 0 aliphatic carbocycles. The molecule has 3 heteroatoms. The van der Waals surface area contributed by atoms with Crippen LogP contribution in [-0.4, -0.2) is 29.1 Å². The molecule has 2 nitrogen and oxygen atoms in total.